The highest BCUT2D eigenvalue weighted by atomic mass is 35.5. The molecule has 2 aromatic rings. The van der Waals surface area contributed by atoms with Crippen LogP contribution in [0.5, 0.6) is 0 Å². The third-order valence-corrected chi connectivity index (χ3v) is 3.62. The van der Waals surface area contributed by atoms with Crippen molar-refractivity contribution in [2.45, 2.75) is 19.8 Å². The summed E-state index contributed by atoms with van der Waals surface area (Å²) in [5.74, 6) is 0.355. The molecule has 0 aliphatic carbocycles. The van der Waals surface area contributed by atoms with Crippen LogP contribution in [-0.2, 0) is 6.42 Å². The lowest BCUT2D eigenvalue weighted by molar-refractivity contribution is 0.0943. The number of carbonyl (C=O) groups is 1. The number of aryl methyl sites for hydroxylation is 1. The zero-order valence-electron chi connectivity index (χ0n) is 12.6. The number of nitrogens with one attached hydrogen (secondary N) is 1. The Bertz CT molecular complexity index is 654. The lowest BCUT2D eigenvalue weighted by Crippen LogP contribution is -2.27. The van der Waals surface area contributed by atoms with Gasteiger partial charge < -0.3 is 11.1 Å². The van der Waals surface area contributed by atoms with Gasteiger partial charge in [-0.25, -0.2) is 9.67 Å². The van der Waals surface area contributed by atoms with Crippen LogP contribution in [0.4, 0.5) is 0 Å². The Kier molecular flexibility index (Phi) is 7.78. The number of amides is 1. The van der Waals surface area contributed by atoms with Crippen LogP contribution < -0.4 is 11.1 Å². The minimum Gasteiger partial charge on any atom is -0.349 e. The van der Waals surface area contributed by atoms with Gasteiger partial charge in [0.2, 0.25) is 5.82 Å². The van der Waals surface area contributed by atoms with Crippen LogP contribution >= 0.6 is 35.6 Å². The van der Waals surface area contributed by atoms with E-state index in [-0.39, 0.29) is 24.1 Å². The molecular weight excluding hydrogens is 361 g/mol. The third kappa shape index (κ3) is 4.57. The summed E-state index contributed by atoms with van der Waals surface area (Å²) in [6, 6.07) is 5.17. The second-order valence-electron chi connectivity index (χ2n) is 4.59. The van der Waals surface area contributed by atoms with Gasteiger partial charge in [-0.3, -0.25) is 4.79 Å². The van der Waals surface area contributed by atoms with E-state index in [0.717, 1.165) is 0 Å². The number of nitrogens with zero attached hydrogens (tertiary/aromatic N) is 3. The molecule has 1 aromatic heterocycles. The molecule has 126 valence electrons. The topological polar surface area (TPSA) is 85.8 Å². The number of aromatic nitrogens is 3. The Balaban J connectivity index is 0.00000264. The number of hydrogen-bond donors (Lipinski definition) is 2. The van der Waals surface area contributed by atoms with Gasteiger partial charge in [0.05, 0.1) is 10.0 Å². The van der Waals surface area contributed by atoms with Crippen LogP contribution in [-0.4, -0.2) is 33.8 Å². The van der Waals surface area contributed by atoms with Crippen molar-refractivity contribution in [2.75, 3.05) is 13.1 Å². The highest BCUT2D eigenvalue weighted by molar-refractivity contribution is 6.37. The molecule has 9 heteroatoms. The number of benzene rings is 1. The fraction of sp³-hybridized carbons (Fsp3) is 0.357. The van der Waals surface area contributed by atoms with Crippen molar-refractivity contribution in [3.63, 3.8) is 0 Å². The highest BCUT2D eigenvalue weighted by Crippen LogP contribution is 2.28. The minimum absolute atomic E-state index is 0. The molecular formula is C14H18Cl3N5O. The Morgan fingerprint density at radius 3 is 2.57 bits per heavy atom. The van der Waals surface area contributed by atoms with Gasteiger partial charge in [0.1, 0.15) is 11.5 Å². The average Bonchev–Trinajstić information content (AvgIpc) is 2.91. The van der Waals surface area contributed by atoms with E-state index < -0.39 is 0 Å². The van der Waals surface area contributed by atoms with E-state index in [2.05, 4.69) is 15.4 Å². The summed E-state index contributed by atoms with van der Waals surface area (Å²) in [6.45, 7) is 2.91. The Hall–Kier alpha value is -1.34. The van der Waals surface area contributed by atoms with Crippen molar-refractivity contribution in [1.82, 2.24) is 20.1 Å². The van der Waals surface area contributed by atoms with Crippen LogP contribution in [0.25, 0.3) is 5.69 Å². The molecule has 0 aliphatic rings. The van der Waals surface area contributed by atoms with E-state index in [9.17, 15) is 4.79 Å². The van der Waals surface area contributed by atoms with Crippen LogP contribution in [0.2, 0.25) is 10.0 Å². The molecule has 0 radical (unpaired) electrons. The zero-order valence-corrected chi connectivity index (χ0v) is 14.9. The highest BCUT2D eigenvalue weighted by Gasteiger charge is 2.19. The molecule has 1 heterocycles. The van der Waals surface area contributed by atoms with Crippen LogP contribution in [0.15, 0.2) is 18.2 Å². The molecule has 23 heavy (non-hydrogen) atoms. The molecule has 0 saturated carbocycles. The van der Waals surface area contributed by atoms with Gasteiger partial charge in [-0.2, -0.15) is 0 Å². The normalized spacial score (nSPS) is 10.3. The summed E-state index contributed by atoms with van der Waals surface area (Å²) >= 11 is 12.4. The molecule has 0 saturated heterocycles. The van der Waals surface area contributed by atoms with Gasteiger partial charge >= 0.3 is 0 Å². The lowest BCUT2D eigenvalue weighted by atomic mass is 10.3. The lowest BCUT2D eigenvalue weighted by Gasteiger charge is -2.08. The minimum atomic E-state index is -0.343. The second-order valence-corrected chi connectivity index (χ2v) is 5.40. The van der Waals surface area contributed by atoms with Gasteiger partial charge in [-0.1, -0.05) is 36.2 Å². The third-order valence-electron chi connectivity index (χ3n) is 3.01. The maximum absolute atomic E-state index is 12.0. The van der Waals surface area contributed by atoms with Gasteiger partial charge in [0.25, 0.3) is 5.91 Å². The number of rotatable bonds is 6. The predicted molar refractivity (Wildman–Crippen MR) is 94.0 cm³/mol. The SMILES string of the molecule is CCc1nc(C(=O)NCCCN)nn1-c1c(Cl)cccc1Cl.Cl. The summed E-state index contributed by atoms with van der Waals surface area (Å²) in [4.78, 5) is 16.3. The summed E-state index contributed by atoms with van der Waals surface area (Å²) < 4.78 is 1.52. The van der Waals surface area contributed by atoms with E-state index in [1.54, 1.807) is 18.2 Å². The number of nitrogens with two attached hydrogens (primary N) is 1. The summed E-state index contributed by atoms with van der Waals surface area (Å²) in [5.41, 5.74) is 5.92. The molecule has 6 nitrogen and oxygen atoms in total. The molecule has 1 amide bonds. The number of para-hydroxylation sites is 1. The van der Waals surface area contributed by atoms with Crippen molar-refractivity contribution in [3.8, 4) is 5.69 Å². The van der Waals surface area contributed by atoms with Gasteiger partial charge in [0, 0.05) is 13.0 Å². The molecule has 0 atom stereocenters. The van der Waals surface area contributed by atoms with E-state index in [1.165, 1.54) is 4.68 Å². The first-order chi connectivity index (χ1) is 10.6. The quantitative estimate of drug-likeness (QED) is 0.757. The van der Waals surface area contributed by atoms with Gasteiger partial charge in [-0.05, 0) is 25.1 Å². The van der Waals surface area contributed by atoms with E-state index in [0.29, 0.717) is 47.5 Å². The number of carbonyl (C=O) groups excluding carboxylic acids is 1. The van der Waals surface area contributed by atoms with Crippen LogP contribution in [0, 0.1) is 0 Å². The Morgan fingerprint density at radius 1 is 1.35 bits per heavy atom. The first-order valence-electron chi connectivity index (χ1n) is 6.97. The smallest absolute Gasteiger partial charge is 0.290 e. The Labute approximate surface area is 150 Å². The van der Waals surface area contributed by atoms with E-state index >= 15 is 0 Å². The summed E-state index contributed by atoms with van der Waals surface area (Å²) in [5, 5.41) is 7.86. The maximum Gasteiger partial charge on any atom is 0.290 e. The second kappa shape index (κ2) is 9.08. The molecule has 0 fully saturated rings. The van der Waals surface area contributed by atoms with Crippen molar-refractivity contribution in [3.05, 3.63) is 39.9 Å². The van der Waals surface area contributed by atoms with E-state index in [1.807, 2.05) is 6.92 Å². The van der Waals surface area contributed by atoms with E-state index in [4.69, 9.17) is 28.9 Å². The molecule has 0 aliphatic heterocycles. The zero-order chi connectivity index (χ0) is 16.1. The van der Waals surface area contributed by atoms with Crippen molar-refractivity contribution in [2.24, 2.45) is 5.73 Å². The first-order valence-corrected chi connectivity index (χ1v) is 7.72. The van der Waals surface area contributed by atoms with Gasteiger partial charge in [-0.15, -0.1) is 17.5 Å². The van der Waals surface area contributed by atoms with Crippen molar-refractivity contribution >= 4 is 41.5 Å². The fourth-order valence-corrected chi connectivity index (χ4v) is 2.48. The van der Waals surface area contributed by atoms with Crippen molar-refractivity contribution < 1.29 is 4.79 Å². The number of halogens is 3. The Morgan fingerprint density at radius 2 is 2.00 bits per heavy atom. The molecule has 0 bridgehead atoms. The van der Waals surface area contributed by atoms with Crippen molar-refractivity contribution in [1.29, 1.82) is 0 Å². The fourth-order valence-electron chi connectivity index (χ4n) is 1.92. The summed E-state index contributed by atoms with van der Waals surface area (Å²) in [6.07, 6.45) is 1.29. The largest absolute Gasteiger partial charge is 0.349 e. The first kappa shape index (κ1) is 19.7. The monoisotopic (exact) mass is 377 g/mol. The van der Waals surface area contributed by atoms with Crippen LogP contribution in [0.1, 0.15) is 29.8 Å². The maximum atomic E-state index is 12.0. The molecule has 2 rings (SSSR count). The van der Waals surface area contributed by atoms with Crippen LogP contribution in [0.3, 0.4) is 0 Å². The average molecular weight is 379 g/mol. The number of hydrogen-bond acceptors (Lipinski definition) is 4. The standard InChI is InChI=1S/C14H17Cl2N5O.ClH/c1-2-11-19-13(14(22)18-8-4-7-17)20-21(11)12-9(15)5-3-6-10(12)16;/h3,5-6H,2,4,7-8,17H2,1H3,(H,18,22);1H. The molecule has 0 spiro atoms. The predicted octanol–water partition coefficient (Wildman–Crippen LogP) is 2.64. The molecule has 0 unspecified atom stereocenters. The van der Waals surface area contributed by atoms with Gasteiger partial charge in [0.15, 0.2) is 0 Å². The molecule has 3 N–H and O–H groups in total. The summed E-state index contributed by atoms with van der Waals surface area (Å²) in [7, 11) is 0. The molecule has 1 aromatic carbocycles.